The molecule has 0 unspecified atom stereocenters. The van der Waals surface area contributed by atoms with Crippen molar-refractivity contribution in [3.8, 4) is 5.75 Å². The summed E-state index contributed by atoms with van der Waals surface area (Å²) in [6.07, 6.45) is 0.218. The molecule has 190 valence electrons. The number of ether oxygens (including phenoxy) is 1. The van der Waals surface area contributed by atoms with E-state index < -0.39 is 12.0 Å². The Morgan fingerprint density at radius 1 is 1.03 bits per heavy atom. The van der Waals surface area contributed by atoms with Crippen molar-refractivity contribution in [2.24, 2.45) is 0 Å². The second-order valence-corrected chi connectivity index (χ2v) is 10.6. The van der Waals surface area contributed by atoms with Gasteiger partial charge in [-0.15, -0.1) is 0 Å². The van der Waals surface area contributed by atoms with E-state index in [0.717, 1.165) is 31.1 Å². The standard InChI is InChI=1S/C28H27N3O5Se/c1-16-25(21-15-18(26(33)29-2)10-13-22(21)30-16)37-24-7-5-4-6-20(24)27(34)31-23(28(35)36-3)14-17-8-11-19(32)12-9-17/h4-13,15,23,30,32H,14H2,1-3H3,(H,29,33)(H,31,34)/t23-/m0/s1. The first-order chi connectivity index (χ1) is 17.8. The molecule has 0 aliphatic rings. The van der Waals surface area contributed by atoms with Crippen LogP contribution in [0.2, 0.25) is 0 Å². The van der Waals surface area contributed by atoms with Crippen LogP contribution in [-0.4, -0.2) is 63.0 Å². The molecule has 3 aromatic carbocycles. The number of hydrogen-bond acceptors (Lipinski definition) is 5. The van der Waals surface area contributed by atoms with Gasteiger partial charge >= 0.3 is 221 Å². The van der Waals surface area contributed by atoms with Gasteiger partial charge < -0.3 is 0 Å². The molecule has 9 heteroatoms. The molecule has 0 spiro atoms. The molecular weight excluding hydrogens is 537 g/mol. The molecule has 1 atom stereocenters. The number of phenolic OH excluding ortho intramolecular Hbond substituents is 1. The zero-order valence-corrected chi connectivity index (χ0v) is 22.3. The van der Waals surface area contributed by atoms with Crippen LogP contribution < -0.4 is 19.6 Å². The Morgan fingerprint density at radius 3 is 2.46 bits per heavy atom. The van der Waals surface area contributed by atoms with Crippen LogP contribution in [0.3, 0.4) is 0 Å². The molecule has 0 radical (unpaired) electrons. The summed E-state index contributed by atoms with van der Waals surface area (Å²) < 4.78 is 6.81. The van der Waals surface area contributed by atoms with Crippen molar-refractivity contribution >= 4 is 52.6 Å². The number of carbonyl (C=O) groups excluding carboxylic acids is 3. The number of benzene rings is 3. The quantitative estimate of drug-likeness (QED) is 0.192. The molecule has 4 aromatic rings. The van der Waals surface area contributed by atoms with E-state index in [1.54, 1.807) is 37.4 Å². The first kappa shape index (κ1) is 26.0. The van der Waals surface area contributed by atoms with E-state index in [9.17, 15) is 19.5 Å². The van der Waals surface area contributed by atoms with Crippen LogP contribution in [0.5, 0.6) is 5.75 Å². The number of phenols is 1. The van der Waals surface area contributed by atoms with E-state index >= 15 is 0 Å². The predicted molar refractivity (Wildman–Crippen MR) is 143 cm³/mol. The summed E-state index contributed by atoms with van der Waals surface area (Å²) in [6, 6.07) is 18.4. The second kappa shape index (κ2) is 11.3. The Hall–Kier alpha value is -4.07. The van der Waals surface area contributed by atoms with Crippen molar-refractivity contribution < 1.29 is 24.2 Å². The Balaban J connectivity index is 1.62. The molecule has 0 saturated carbocycles. The third kappa shape index (κ3) is 5.85. The molecule has 37 heavy (non-hydrogen) atoms. The molecule has 0 bridgehead atoms. The van der Waals surface area contributed by atoms with Gasteiger partial charge in [0, 0.05) is 0 Å². The maximum absolute atomic E-state index is 13.4. The average molecular weight is 565 g/mol. The van der Waals surface area contributed by atoms with E-state index in [1.807, 2.05) is 31.2 Å². The molecule has 4 rings (SSSR count). The number of aromatic nitrogens is 1. The minimum atomic E-state index is -0.896. The number of aromatic amines is 1. The zero-order chi connectivity index (χ0) is 26.5. The number of aromatic hydroxyl groups is 1. The molecular formula is C28H27N3O5Se. The average Bonchev–Trinajstić information content (AvgIpc) is 3.22. The number of H-pyrrole nitrogens is 1. The maximum atomic E-state index is 13.4. The number of rotatable bonds is 8. The molecule has 1 heterocycles. The monoisotopic (exact) mass is 565 g/mol. The zero-order valence-electron chi connectivity index (χ0n) is 20.6. The van der Waals surface area contributed by atoms with Crippen LogP contribution in [0.4, 0.5) is 0 Å². The second-order valence-electron chi connectivity index (χ2n) is 8.44. The number of aryl methyl sites for hydroxylation is 1. The van der Waals surface area contributed by atoms with Crippen molar-refractivity contribution in [1.82, 2.24) is 15.6 Å². The summed E-state index contributed by atoms with van der Waals surface area (Å²) in [5.41, 5.74) is 3.69. The van der Waals surface area contributed by atoms with Gasteiger partial charge in [0.25, 0.3) is 0 Å². The number of esters is 1. The van der Waals surface area contributed by atoms with Gasteiger partial charge in [-0.3, -0.25) is 0 Å². The minimum absolute atomic E-state index is 0.119. The van der Waals surface area contributed by atoms with E-state index in [0.29, 0.717) is 11.1 Å². The van der Waals surface area contributed by atoms with Crippen LogP contribution in [0, 0.1) is 6.92 Å². The first-order valence-electron chi connectivity index (χ1n) is 11.6. The summed E-state index contributed by atoms with van der Waals surface area (Å²) in [5.74, 6) is -0.983. The third-order valence-corrected chi connectivity index (χ3v) is 8.67. The van der Waals surface area contributed by atoms with Crippen molar-refractivity contribution in [1.29, 1.82) is 0 Å². The summed E-state index contributed by atoms with van der Waals surface area (Å²) in [6.45, 7) is 1.98. The van der Waals surface area contributed by atoms with Crippen LogP contribution in [-0.2, 0) is 16.0 Å². The first-order valence-corrected chi connectivity index (χ1v) is 13.3. The molecule has 4 N–H and O–H groups in total. The Morgan fingerprint density at radius 2 is 1.76 bits per heavy atom. The van der Waals surface area contributed by atoms with E-state index in [1.165, 1.54) is 19.2 Å². The number of fused-ring (bicyclic) bond motifs is 1. The van der Waals surface area contributed by atoms with Gasteiger partial charge in [0.1, 0.15) is 0 Å². The van der Waals surface area contributed by atoms with Gasteiger partial charge in [-0.2, -0.15) is 0 Å². The van der Waals surface area contributed by atoms with Gasteiger partial charge in [-0.1, -0.05) is 0 Å². The van der Waals surface area contributed by atoms with Crippen molar-refractivity contribution in [3.63, 3.8) is 0 Å². The molecule has 0 saturated heterocycles. The van der Waals surface area contributed by atoms with Gasteiger partial charge in [0.2, 0.25) is 0 Å². The SMILES string of the molecule is CNC(=O)c1ccc2[nH]c(C)c([Se]c3ccccc3C(=O)N[C@@H](Cc3ccc(O)cc3)C(=O)OC)c2c1. The van der Waals surface area contributed by atoms with Gasteiger partial charge in [0.15, 0.2) is 0 Å². The normalized spacial score (nSPS) is 11.6. The summed E-state index contributed by atoms with van der Waals surface area (Å²) in [4.78, 5) is 41.4. The van der Waals surface area contributed by atoms with Crippen molar-refractivity contribution in [2.45, 2.75) is 19.4 Å². The molecule has 1 aromatic heterocycles. The molecule has 0 fully saturated rings. The third-order valence-electron chi connectivity index (χ3n) is 5.93. The van der Waals surface area contributed by atoms with E-state index in [2.05, 4.69) is 15.6 Å². The Labute approximate surface area is 220 Å². The fraction of sp³-hybridized carbons (Fsp3) is 0.179. The Kier molecular flexibility index (Phi) is 7.96. The number of carbonyl (C=O) groups is 3. The predicted octanol–water partition coefficient (Wildman–Crippen LogP) is 1.71. The van der Waals surface area contributed by atoms with Gasteiger partial charge in [0.05, 0.1) is 0 Å². The van der Waals surface area contributed by atoms with Gasteiger partial charge in [-0.05, 0) is 0 Å². The van der Waals surface area contributed by atoms with Crippen LogP contribution in [0.15, 0.2) is 66.7 Å². The summed E-state index contributed by atoms with van der Waals surface area (Å²) in [7, 11) is 2.88. The van der Waals surface area contributed by atoms with Crippen LogP contribution >= 0.6 is 0 Å². The van der Waals surface area contributed by atoms with Crippen LogP contribution in [0.25, 0.3) is 10.9 Å². The van der Waals surface area contributed by atoms with Crippen LogP contribution in [0.1, 0.15) is 32.0 Å². The number of amides is 2. The number of methoxy groups -OCH3 is 1. The van der Waals surface area contributed by atoms with E-state index in [-0.39, 0.29) is 38.9 Å². The molecule has 2 amide bonds. The fourth-order valence-electron chi connectivity index (χ4n) is 4.01. The summed E-state index contributed by atoms with van der Waals surface area (Å²) >= 11 is -0.269. The van der Waals surface area contributed by atoms with Crippen molar-refractivity contribution in [2.75, 3.05) is 14.2 Å². The fourth-order valence-corrected chi connectivity index (χ4v) is 6.36. The van der Waals surface area contributed by atoms with E-state index in [4.69, 9.17) is 4.74 Å². The molecule has 8 nitrogen and oxygen atoms in total. The van der Waals surface area contributed by atoms with Crippen molar-refractivity contribution in [3.05, 3.63) is 89.1 Å². The topological polar surface area (TPSA) is 121 Å². The van der Waals surface area contributed by atoms with Gasteiger partial charge in [-0.25, -0.2) is 0 Å². The summed E-state index contributed by atoms with van der Waals surface area (Å²) in [5, 5.41) is 15.9. The number of nitrogens with one attached hydrogen (secondary N) is 3. The molecule has 0 aliphatic heterocycles. The number of hydrogen-bond donors (Lipinski definition) is 4. The molecule has 0 aliphatic carbocycles. The Bertz CT molecular complexity index is 1460.